The lowest BCUT2D eigenvalue weighted by atomic mass is 10.3. The van der Waals surface area contributed by atoms with Crippen LogP contribution in [0.1, 0.15) is 6.92 Å². The molecule has 3 nitrogen and oxygen atoms in total. The molecule has 2 aromatic rings. The molecule has 0 atom stereocenters. The standard InChI is InChI=1S/C13H13NO2/c1-2-15-12-5-3-4-6-13(12)16-11-7-9-14-10-8-11/h3-10H,2H2,1H3. The van der Waals surface area contributed by atoms with E-state index in [4.69, 9.17) is 9.47 Å². The van der Waals surface area contributed by atoms with E-state index < -0.39 is 0 Å². The second kappa shape index (κ2) is 5.16. The van der Waals surface area contributed by atoms with Gasteiger partial charge in [0, 0.05) is 12.4 Å². The van der Waals surface area contributed by atoms with Crippen molar-refractivity contribution in [1.29, 1.82) is 0 Å². The van der Waals surface area contributed by atoms with Crippen molar-refractivity contribution in [3.8, 4) is 17.2 Å². The molecule has 3 heteroatoms. The molecule has 0 fully saturated rings. The van der Waals surface area contributed by atoms with Crippen LogP contribution in [-0.4, -0.2) is 11.6 Å². The number of ether oxygens (including phenoxy) is 2. The van der Waals surface area contributed by atoms with Crippen molar-refractivity contribution >= 4 is 0 Å². The molecule has 0 aliphatic rings. The molecule has 1 heterocycles. The number of aromatic nitrogens is 1. The summed E-state index contributed by atoms with van der Waals surface area (Å²) in [7, 11) is 0. The maximum Gasteiger partial charge on any atom is 0.169 e. The summed E-state index contributed by atoms with van der Waals surface area (Å²) < 4.78 is 11.2. The van der Waals surface area contributed by atoms with E-state index >= 15 is 0 Å². The zero-order valence-electron chi connectivity index (χ0n) is 9.09. The zero-order valence-corrected chi connectivity index (χ0v) is 9.09. The number of benzene rings is 1. The quantitative estimate of drug-likeness (QED) is 0.784. The van der Waals surface area contributed by atoms with Gasteiger partial charge in [0.25, 0.3) is 0 Å². The SMILES string of the molecule is CCOc1ccccc1Oc1ccncc1. The first-order chi connectivity index (χ1) is 7.90. The molecule has 0 amide bonds. The Balaban J connectivity index is 2.21. The lowest BCUT2D eigenvalue weighted by Gasteiger charge is -2.10. The van der Waals surface area contributed by atoms with Crippen LogP contribution in [0.4, 0.5) is 0 Å². The van der Waals surface area contributed by atoms with Crippen molar-refractivity contribution in [1.82, 2.24) is 4.98 Å². The summed E-state index contributed by atoms with van der Waals surface area (Å²) in [6.45, 7) is 2.57. The fourth-order valence-corrected chi connectivity index (χ4v) is 1.34. The third-order valence-electron chi connectivity index (χ3n) is 2.03. The predicted molar refractivity (Wildman–Crippen MR) is 61.9 cm³/mol. The normalized spacial score (nSPS) is 9.81. The third kappa shape index (κ3) is 2.51. The van der Waals surface area contributed by atoms with Crippen LogP contribution in [0.25, 0.3) is 0 Å². The number of hydrogen-bond acceptors (Lipinski definition) is 3. The van der Waals surface area contributed by atoms with Crippen molar-refractivity contribution in [2.75, 3.05) is 6.61 Å². The molecule has 0 bridgehead atoms. The van der Waals surface area contributed by atoms with Gasteiger partial charge in [0.15, 0.2) is 11.5 Å². The molecule has 0 unspecified atom stereocenters. The van der Waals surface area contributed by atoms with E-state index in [2.05, 4.69) is 4.98 Å². The van der Waals surface area contributed by atoms with Crippen LogP contribution in [0.2, 0.25) is 0 Å². The van der Waals surface area contributed by atoms with E-state index in [1.54, 1.807) is 12.4 Å². The van der Waals surface area contributed by atoms with Gasteiger partial charge >= 0.3 is 0 Å². The monoisotopic (exact) mass is 215 g/mol. The molecule has 0 N–H and O–H groups in total. The molecule has 0 spiro atoms. The summed E-state index contributed by atoms with van der Waals surface area (Å²) in [6.07, 6.45) is 3.39. The Bertz CT molecular complexity index is 443. The van der Waals surface area contributed by atoms with Crippen LogP contribution in [-0.2, 0) is 0 Å². The van der Waals surface area contributed by atoms with Crippen molar-refractivity contribution in [3.63, 3.8) is 0 Å². The highest BCUT2D eigenvalue weighted by atomic mass is 16.5. The zero-order chi connectivity index (χ0) is 11.2. The second-order valence-corrected chi connectivity index (χ2v) is 3.16. The number of rotatable bonds is 4. The molecule has 1 aromatic heterocycles. The topological polar surface area (TPSA) is 31.4 Å². The molecule has 1 aromatic carbocycles. The van der Waals surface area contributed by atoms with Crippen molar-refractivity contribution in [2.24, 2.45) is 0 Å². The van der Waals surface area contributed by atoms with Crippen LogP contribution >= 0.6 is 0 Å². The number of para-hydroxylation sites is 2. The minimum Gasteiger partial charge on any atom is -0.490 e. The highest BCUT2D eigenvalue weighted by Crippen LogP contribution is 2.30. The van der Waals surface area contributed by atoms with E-state index in [1.165, 1.54) is 0 Å². The van der Waals surface area contributed by atoms with E-state index in [1.807, 2.05) is 43.3 Å². The maximum absolute atomic E-state index is 5.70. The number of pyridine rings is 1. The van der Waals surface area contributed by atoms with Gasteiger partial charge in [-0.25, -0.2) is 0 Å². The van der Waals surface area contributed by atoms with E-state index in [9.17, 15) is 0 Å². The van der Waals surface area contributed by atoms with E-state index in [0.717, 1.165) is 17.2 Å². The van der Waals surface area contributed by atoms with Crippen LogP contribution in [0.5, 0.6) is 17.2 Å². The fraction of sp³-hybridized carbons (Fsp3) is 0.154. The van der Waals surface area contributed by atoms with Gasteiger partial charge in [0.05, 0.1) is 6.61 Å². The van der Waals surface area contributed by atoms with Gasteiger partial charge in [-0.1, -0.05) is 12.1 Å². The summed E-state index contributed by atoms with van der Waals surface area (Å²) in [5.41, 5.74) is 0. The Morgan fingerprint density at radius 2 is 1.69 bits per heavy atom. The van der Waals surface area contributed by atoms with Gasteiger partial charge in [-0.2, -0.15) is 0 Å². The average molecular weight is 215 g/mol. The summed E-state index contributed by atoms with van der Waals surface area (Å²) in [6, 6.07) is 11.2. The number of nitrogens with zero attached hydrogens (tertiary/aromatic N) is 1. The number of hydrogen-bond donors (Lipinski definition) is 0. The minimum atomic E-state index is 0.622. The fourth-order valence-electron chi connectivity index (χ4n) is 1.34. The third-order valence-corrected chi connectivity index (χ3v) is 2.03. The molecule has 16 heavy (non-hydrogen) atoms. The smallest absolute Gasteiger partial charge is 0.169 e. The Kier molecular flexibility index (Phi) is 3.38. The summed E-state index contributed by atoms with van der Waals surface area (Å²) >= 11 is 0. The Labute approximate surface area is 94.7 Å². The lowest BCUT2D eigenvalue weighted by molar-refractivity contribution is 0.321. The van der Waals surface area contributed by atoms with Crippen molar-refractivity contribution < 1.29 is 9.47 Å². The largest absolute Gasteiger partial charge is 0.490 e. The molecule has 0 radical (unpaired) electrons. The molecule has 0 saturated carbocycles. The molecule has 82 valence electrons. The van der Waals surface area contributed by atoms with Crippen LogP contribution in [0.15, 0.2) is 48.8 Å². The lowest BCUT2D eigenvalue weighted by Crippen LogP contribution is -1.94. The van der Waals surface area contributed by atoms with Gasteiger partial charge in [-0.15, -0.1) is 0 Å². The molecule has 0 aliphatic carbocycles. The molecule has 2 rings (SSSR count). The molecular weight excluding hydrogens is 202 g/mol. The summed E-state index contributed by atoms with van der Waals surface area (Å²) in [4.78, 5) is 3.93. The Hall–Kier alpha value is -2.03. The molecule has 0 aliphatic heterocycles. The second-order valence-electron chi connectivity index (χ2n) is 3.16. The Morgan fingerprint density at radius 3 is 2.38 bits per heavy atom. The van der Waals surface area contributed by atoms with E-state index in [-0.39, 0.29) is 0 Å². The predicted octanol–water partition coefficient (Wildman–Crippen LogP) is 3.27. The van der Waals surface area contributed by atoms with Crippen LogP contribution in [0.3, 0.4) is 0 Å². The summed E-state index contributed by atoms with van der Waals surface area (Å²) in [5.74, 6) is 2.22. The van der Waals surface area contributed by atoms with Crippen molar-refractivity contribution in [3.05, 3.63) is 48.8 Å². The first kappa shape index (κ1) is 10.5. The van der Waals surface area contributed by atoms with Crippen LogP contribution in [0, 0.1) is 0 Å². The van der Waals surface area contributed by atoms with Gasteiger partial charge in [0.2, 0.25) is 0 Å². The first-order valence-corrected chi connectivity index (χ1v) is 5.20. The highest BCUT2D eigenvalue weighted by Gasteiger charge is 2.04. The van der Waals surface area contributed by atoms with E-state index in [0.29, 0.717) is 6.61 Å². The maximum atomic E-state index is 5.70. The van der Waals surface area contributed by atoms with Crippen molar-refractivity contribution in [2.45, 2.75) is 6.92 Å². The minimum absolute atomic E-state index is 0.622. The van der Waals surface area contributed by atoms with Crippen LogP contribution < -0.4 is 9.47 Å². The van der Waals surface area contributed by atoms with Gasteiger partial charge in [-0.3, -0.25) is 4.98 Å². The van der Waals surface area contributed by atoms with Gasteiger partial charge in [0.1, 0.15) is 5.75 Å². The van der Waals surface area contributed by atoms with Gasteiger partial charge < -0.3 is 9.47 Å². The highest BCUT2D eigenvalue weighted by molar-refractivity contribution is 5.42. The van der Waals surface area contributed by atoms with Gasteiger partial charge in [-0.05, 0) is 31.2 Å². The summed E-state index contributed by atoms with van der Waals surface area (Å²) in [5, 5.41) is 0. The molecular formula is C13H13NO2. The molecule has 0 saturated heterocycles. The first-order valence-electron chi connectivity index (χ1n) is 5.20. The Morgan fingerprint density at radius 1 is 1.00 bits per heavy atom. The average Bonchev–Trinajstić information content (AvgIpc) is 2.33.